The van der Waals surface area contributed by atoms with Gasteiger partial charge in [-0.15, -0.1) is 0 Å². The summed E-state index contributed by atoms with van der Waals surface area (Å²) >= 11 is 0. The van der Waals surface area contributed by atoms with Gasteiger partial charge in [0.25, 0.3) is 0 Å². The molecule has 0 unspecified atom stereocenters. The van der Waals surface area contributed by atoms with Crippen LogP contribution in [0.4, 0.5) is 0 Å². The van der Waals surface area contributed by atoms with Crippen LogP contribution in [0.25, 0.3) is 22.0 Å². The number of fused-ring (bicyclic) bond motifs is 1. The molecule has 0 fully saturated rings. The van der Waals surface area contributed by atoms with Gasteiger partial charge in [0.1, 0.15) is 13.8 Å². The molecule has 0 saturated heterocycles. The van der Waals surface area contributed by atoms with Gasteiger partial charge in [0.15, 0.2) is 0 Å². The Labute approximate surface area is 132 Å². The molecule has 0 N–H and O–H groups in total. The molecule has 1 aromatic heterocycles. The topological polar surface area (TPSA) is 35.0 Å². The van der Waals surface area contributed by atoms with Gasteiger partial charge in [-0.25, -0.2) is 0 Å². The fourth-order valence-corrected chi connectivity index (χ4v) is 4.01. The third-order valence-electron chi connectivity index (χ3n) is 3.76. The molecule has 0 saturated carbocycles. The summed E-state index contributed by atoms with van der Waals surface area (Å²) in [7, 11) is 0.0817. The maximum absolute atomic E-state index is 5.27. The first-order valence-corrected chi connectivity index (χ1v) is 10.9. The summed E-state index contributed by atoms with van der Waals surface area (Å²) in [6, 6.07) is 16.4. The van der Waals surface area contributed by atoms with Crippen molar-refractivity contribution in [2.75, 3.05) is 7.11 Å². The molecule has 22 heavy (non-hydrogen) atoms. The quantitative estimate of drug-likeness (QED) is 0.689. The van der Waals surface area contributed by atoms with Gasteiger partial charge in [0.2, 0.25) is 0 Å². The summed E-state index contributed by atoms with van der Waals surface area (Å²) in [6.07, 6.45) is 0. The van der Waals surface area contributed by atoms with Crippen LogP contribution in [-0.4, -0.2) is 25.4 Å². The van der Waals surface area contributed by atoms with Crippen LogP contribution in [0.15, 0.2) is 48.5 Å². The second kappa shape index (κ2) is 5.53. The highest BCUT2D eigenvalue weighted by molar-refractivity contribution is 6.89. The van der Waals surface area contributed by atoms with Crippen LogP contribution < -0.4 is 10.1 Å². The van der Waals surface area contributed by atoms with Gasteiger partial charge in [0, 0.05) is 10.9 Å². The Morgan fingerprint density at radius 3 is 2.18 bits per heavy atom. The molecule has 0 aliphatic heterocycles. The van der Waals surface area contributed by atoms with Crippen molar-refractivity contribution < 1.29 is 4.74 Å². The average molecular weight is 308 g/mol. The first kappa shape index (κ1) is 14.7. The van der Waals surface area contributed by atoms with Gasteiger partial charge in [-0.3, -0.25) is 0 Å². The number of aromatic nitrogens is 2. The number of methoxy groups -OCH3 is 1. The SMILES string of the molecule is COc1ccc(-c2c([Si](C)(C)C)nnc3ccccc23)cc1. The number of ether oxygens (including phenoxy) is 1. The molecule has 0 bridgehead atoms. The largest absolute Gasteiger partial charge is 0.497 e. The van der Waals surface area contributed by atoms with E-state index in [4.69, 9.17) is 4.74 Å². The number of rotatable bonds is 3. The second-order valence-corrected chi connectivity index (χ2v) is 11.4. The van der Waals surface area contributed by atoms with Gasteiger partial charge in [-0.2, -0.15) is 10.2 Å². The molecule has 3 nitrogen and oxygen atoms in total. The molecule has 2 aromatic carbocycles. The van der Waals surface area contributed by atoms with Crippen molar-refractivity contribution in [1.82, 2.24) is 10.2 Å². The Balaban J connectivity index is 2.32. The smallest absolute Gasteiger partial charge is 0.118 e. The van der Waals surface area contributed by atoms with Crippen LogP contribution in [0.2, 0.25) is 19.6 Å². The molecule has 0 radical (unpaired) electrons. The fourth-order valence-electron chi connectivity index (χ4n) is 2.63. The first-order chi connectivity index (χ1) is 10.5. The lowest BCUT2D eigenvalue weighted by molar-refractivity contribution is 0.415. The van der Waals surface area contributed by atoms with E-state index in [0.29, 0.717) is 0 Å². The lowest BCUT2D eigenvalue weighted by Crippen LogP contribution is -2.42. The minimum absolute atomic E-state index is 0.865. The normalized spacial score (nSPS) is 11.6. The van der Waals surface area contributed by atoms with Crippen LogP contribution in [-0.2, 0) is 0 Å². The molecule has 112 valence electrons. The molecule has 3 rings (SSSR count). The minimum atomic E-state index is -1.60. The molecule has 0 aliphatic rings. The highest BCUT2D eigenvalue weighted by atomic mass is 28.3. The van der Waals surface area contributed by atoms with Crippen LogP contribution in [0, 0.1) is 0 Å². The number of hydrogen-bond acceptors (Lipinski definition) is 3. The molecular weight excluding hydrogens is 288 g/mol. The van der Waals surface area contributed by atoms with E-state index in [-0.39, 0.29) is 0 Å². The van der Waals surface area contributed by atoms with E-state index in [2.05, 4.69) is 54.1 Å². The maximum atomic E-state index is 5.27. The molecule has 0 spiro atoms. The molecule has 0 aliphatic carbocycles. The zero-order valence-electron chi connectivity index (χ0n) is 13.4. The Hall–Kier alpha value is -2.20. The van der Waals surface area contributed by atoms with Crippen molar-refractivity contribution in [1.29, 1.82) is 0 Å². The summed E-state index contributed by atoms with van der Waals surface area (Å²) in [5, 5.41) is 11.3. The average Bonchev–Trinajstić information content (AvgIpc) is 2.53. The van der Waals surface area contributed by atoms with E-state index in [9.17, 15) is 0 Å². The fraction of sp³-hybridized carbons (Fsp3) is 0.222. The van der Waals surface area contributed by atoms with E-state index in [1.165, 1.54) is 16.5 Å². The Morgan fingerprint density at radius 1 is 0.864 bits per heavy atom. The Morgan fingerprint density at radius 2 is 1.55 bits per heavy atom. The zero-order chi connectivity index (χ0) is 15.7. The van der Waals surface area contributed by atoms with Crippen molar-refractivity contribution in [2.24, 2.45) is 0 Å². The first-order valence-electron chi connectivity index (χ1n) is 7.41. The van der Waals surface area contributed by atoms with Crippen LogP contribution in [0.5, 0.6) is 5.75 Å². The summed E-state index contributed by atoms with van der Waals surface area (Å²) in [4.78, 5) is 0. The van der Waals surface area contributed by atoms with Gasteiger partial charge in [0.05, 0.1) is 17.9 Å². The van der Waals surface area contributed by atoms with Crippen LogP contribution >= 0.6 is 0 Å². The maximum Gasteiger partial charge on any atom is 0.118 e. The molecular formula is C18H20N2OSi. The molecule has 0 amide bonds. The van der Waals surface area contributed by atoms with E-state index >= 15 is 0 Å². The summed E-state index contributed by atoms with van der Waals surface area (Å²) < 4.78 is 5.27. The molecule has 0 atom stereocenters. The highest BCUT2D eigenvalue weighted by Crippen LogP contribution is 2.28. The predicted molar refractivity (Wildman–Crippen MR) is 94.5 cm³/mol. The van der Waals surface area contributed by atoms with Gasteiger partial charge >= 0.3 is 0 Å². The molecule has 3 aromatic rings. The van der Waals surface area contributed by atoms with Crippen molar-refractivity contribution in [3.8, 4) is 16.9 Å². The third-order valence-corrected chi connectivity index (χ3v) is 5.53. The third kappa shape index (κ3) is 2.62. The Kier molecular flexibility index (Phi) is 3.70. The standard InChI is InChI=1S/C18H20N2OSi/c1-21-14-11-9-13(10-12-14)17-15-7-5-6-8-16(15)19-20-18(17)22(2,3)4/h5-12H,1-4H3. The Bertz CT molecular complexity index is 807. The van der Waals surface area contributed by atoms with Gasteiger partial charge in [-0.1, -0.05) is 50.0 Å². The number of hydrogen-bond donors (Lipinski definition) is 0. The molecule has 1 heterocycles. The van der Waals surface area contributed by atoms with Crippen LogP contribution in [0.1, 0.15) is 0 Å². The lowest BCUT2D eigenvalue weighted by Gasteiger charge is -2.20. The monoisotopic (exact) mass is 308 g/mol. The number of benzene rings is 2. The second-order valence-electron chi connectivity index (χ2n) is 6.42. The zero-order valence-corrected chi connectivity index (χ0v) is 14.4. The lowest BCUT2D eigenvalue weighted by atomic mass is 10.0. The van der Waals surface area contributed by atoms with E-state index in [0.717, 1.165) is 16.6 Å². The van der Waals surface area contributed by atoms with Crippen molar-refractivity contribution in [2.45, 2.75) is 19.6 Å². The van der Waals surface area contributed by atoms with E-state index < -0.39 is 8.07 Å². The van der Waals surface area contributed by atoms with Crippen molar-refractivity contribution in [3.63, 3.8) is 0 Å². The van der Waals surface area contributed by atoms with E-state index in [1.54, 1.807) is 7.11 Å². The predicted octanol–water partition coefficient (Wildman–Crippen LogP) is 3.85. The van der Waals surface area contributed by atoms with E-state index in [1.807, 2.05) is 24.3 Å². The molecule has 4 heteroatoms. The highest BCUT2D eigenvalue weighted by Gasteiger charge is 2.25. The summed E-state index contributed by atoms with van der Waals surface area (Å²) in [5.41, 5.74) is 3.33. The minimum Gasteiger partial charge on any atom is -0.497 e. The van der Waals surface area contributed by atoms with Crippen molar-refractivity contribution >= 4 is 24.3 Å². The summed E-state index contributed by atoms with van der Waals surface area (Å²) in [6.45, 7) is 6.91. The number of nitrogens with zero attached hydrogens (tertiary/aromatic N) is 2. The summed E-state index contributed by atoms with van der Waals surface area (Å²) in [5.74, 6) is 0.865. The van der Waals surface area contributed by atoms with Gasteiger partial charge < -0.3 is 4.74 Å². The van der Waals surface area contributed by atoms with Gasteiger partial charge in [-0.05, 0) is 23.8 Å². The van der Waals surface area contributed by atoms with Crippen molar-refractivity contribution in [3.05, 3.63) is 48.5 Å². The van der Waals surface area contributed by atoms with Crippen LogP contribution in [0.3, 0.4) is 0 Å².